The van der Waals surface area contributed by atoms with Crippen LogP contribution in [0.5, 0.6) is 0 Å². The SMILES string of the molecule is Cc1cnc2nc(-c3ccc(C)c(NC(=O)c4ccc(CNC(=O)C5(C(N)=O)CC5)cc4C(F)(F)F)c3)cn2c1. The number of hydrogen-bond donors (Lipinski definition) is 3. The lowest BCUT2D eigenvalue weighted by Gasteiger charge is -2.17. The summed E-state index contributed by atoms with van der Waals surface area (Å²) in [4.78, 5) is 45.7. The molecule has 0 spiro atoms. The van der Waals surface area contributed by atoms with Gasteiger partial charge in [-0.15, -0.1) is 0 Å². The number of carbonyl (C=O) groups is 3. The molecule has 0 aliphatic heterocycles. The second-order valence-electron chi connectivity index (χ2n) is 9.96. The molecule has 0 unspecified atom stereocenters. The first-order valence-corrected chi connectivity index (χ1v) is 12.4. The van der Waals surface area contributed by atoms with Crippen LogP contribution in [0, 0.1) is 19.3 Å². The van der Waals surface area contributed by atoms with Crippen molar-refractivity contribution in [1.29, 1.82) is 0 Å². The molecule has 206 valence electrons. The van der Waals surface area contributed by atoms with E-state index in [2.05, 4.69) is 20.6 Å². The molecule has 5 rings (SSSR count). The molecule has 0 bridgehead atoms. The predicted octanol–water partition coefficient (Wildman–Crippen LogP) is 4.17. The van der Waals surface area contributed by atoms with Crippen molar-refractivity contribution in [3.05, 3.63) is 82.8 Å². The van der Waals surface area contributed by atoms with E-state index in [-0.39, 0.29) is 12.1 Å². The quantitative estimate of drug-likeness (QED) is 0.297. The minimum atomic E-state index is -4.84. The van der Waals surface area contributed by atoms with Crippen molar-refractivity contribution >= 4 is 29.2 Å². The number of nitrogens with one attached hydrogen (secondary N) is 2. The molecule has 2 aromatic heterocycles. The molecule has 0 radical (unpaired) electrons. The van der Waals surface area contributed by atoms with Gasteiger partial charge in [0.05, 0.1) is 16.8 Å². The Kier molecular flexibility index (Phi) is 6.56. The van der Waals surface area contributed by atoms with E-state index in [1.165, 1.54) is 6.07 Å². The summed E-state index contributed by atoms with van der Waals surface area (Å²) in [7, 11) is 0. The Morgan fingerprint density at radius 3 is 2.50 bits per heavy atom. The van der Waals surface area contributed by atoms with Crippen LogP contribution in [-0.2, 0) is 22.3 Å². The number of fused-ring (bicyclic) bond motifs is 1. The number of amides is 3. The maximum atomic E-state index is 14.0. The van der Waals surface area contributed by atoms with Crippen LogP contribution < -0.4 is 16.4 Å². The van der Waals surface area contributed by atoms with E-state index in [9.17, 15) is 27.6 Å². The lowest BCUT2D eigenvalue weighted by Crippen LogP contribution is -2.40. The minimum Gasteiger partial charge on any atom is -0.369 e. The molecule has 4 N–H and O–H groups in total. The molecule has 0 saturated heterocycles. The van der Waals surface area contributed by atoms with Gasteiger partial charge in [-0.2, -0.15) is 13.2 Å². The Balaban J connectivity index is 1.38. The van der Waals surface area contributed by atoms with Crippen LogP contribution in [0.15, 0.2) is 55.0 Å². The first-order valence-electron chi connectivity index (χ1n) is 12.4. The van der Waals surface area contributed by atoms with Crippen molar-refractivity contribution < 1.29 is 27.6 Å². The van der Waals surface area contributed by atoms with E-state index in [4.69, 9.17) is 5.73 Å². The Morgan fingerprint density at radius 1 is 1.07 bits per heavy atom. The summed E-state index contributed by atoms with van der Waals surface area (Å²) in [6.45, 7) is 3.37. The van der Waals surface area contributed by atoms with Crippen LogP contribution in [-0.4, -0.2) is 32.1 Å². The topological polar surface area (TPSA) is 131 Å². The zero-order chi connectivity index (χ0) is 28.8. The van der Waals surface area contributed by atoms with Gasteiger partial charge in [-0.1, -0.05) is 18.2 Å². The van der Waals surface area contributed by atoms with E-state index >= 15 is 0 Å². The first kappa shape index (κ1) is 26.9. The summed E-state index contributed by atoms with van der Waals surface area (Å²) in [5.74, 6) is -1.84. The summed E-state index contributed by atoms with van der Waals surface area (Å²) in [6.07, 6.45) is 1.10. The van der Waals surface area contributed by atoms with Gasteiger partial charge in [-0.05, 0) is 61.6 Å². The number of alkyl halides is 3. The zero-order valence-electron chi connectivity index (χ0n) is 21.6. The second-order valence-corrected chi connectivity index (χ2v) is 9.96. The highest BCUT2D eigenvalue weighted by Crippen LogP contribution is 2.45. The van der Waals surface area contributed by atoms with E-state index < -0.39 is 40.4 Å². The third-order valence-corrected chi connectivity index (χ3v) is 6.96. The third kappa shape index (κ3) is 5.12. The number of benzene rings is 2. The van der Waals surface area contributed by atoms with Gasteiger partial charge in [0, 0.05) is 36.4 Å². The third-order valence-electron chi connectivity index (χ3n) is 6.96. The number of anilines is 1. The lowest BCUT2D eigenvalue weighted by atomic mass is 10.0. The fraction of sp³-hybridized carbons (Fsp3) is 0.250. The molecular weight excluding hydrogens is 525 g/mol. The number of nitrogens with two attached hydrogens (primary N) is 1. The van der Waals surface area contributed by atoms with Crippen molar-refractivity contribution in [2.45, 2.75) is 39.4 Å². The normalized spacial score (nSPS) is 14.1. The molecule has 0 atom stereocenters. The first-order chi connectivity index (χ1) is 18.9. The van der Waals surface area contributed by atoms with Gasteiger partial charge in [0.2, 0.25) is 17.6 Å². The van der Waals surface area contributed by atoms with Crippen molar-refractivity contribution in [1.82, 2.24) is 19.7 Å². The summed E-state index contributed by atoms with van der Waals surface area (Å²) < 4.78 is 43.7. The van der Waals surface area contributed by atoms with Crippen LogP contribution in [0.4, 0.5) is 18.9 Å². The molecule has 3 amide bonds. The summed E-state index contributed by atoms with van der Waals surface area (Å²) in [5.41, 5.74) is 5.53. The maximum absolute atomic E-state index is 14.0. The minimum absolute atomic E-state index is 0.117. The molecule has 2 aromatic carbocycles. The van der Waals surface area contributed by atoms with Gasteiger partial charge >= 0.3 is 6.18 Å². The summed E-state index contributed by atoms with van der Waals surface area (Å²) in [5, 5.41) is 5.06. The fourth-order valence-electron chi connectivity index (χ4n) is 4.43. The molecule has 4 aromatic rings. The highest BCUT2D eigenvalue weighted by atomic mass is 19.4. The highest BCUT2D eigenvalue weighted by molar-refractivity contribution is 6.07. The van der Waals surface area contributed by atoms with Gasteiger partial charge < -0.3 is 16.4 Å². The van der Waals surface area contributed by atoms with Crippen LogP contribution in [0.25, 0.3) is 17.0 Å². The van der Waals surface area contributed by atoms with Gasteiger partial charge in [0.1, 0.15) is 5.41 Å². The Bertz CT molecular complexity index is 1670. The molecule has 40 heavy (non-hydrogen) atoms. The highest BCUT2D eigenvalue weighted by Gasteiger charge is 2.55. The van der Waals surface area contributed by atoms with Gasteiger partial charge in [-0.25, -0.2) is 9.97 Å². The standard InChI is InChI=1S/C28H25F3N6O3/c1-15-11-34-26-36-22(14-37(26)13-15)18-5-3-16(2)21(10-18)35-23(38)19-6-4-17(9-20(19)28(29,30)31)12-33-25(40)27(7-8-27)24(32)39/h3-6,9-11,13-14H,7-8,12H2,1-2H3,(H2,32,39)(H,33,40)(H,35,38). The monoisotopic (exact) mass is 550 g/mol. The van der Waals surface area contributed by atoms with Gasteiger partial charge in [-0.3, -0.25) is 18.8 Å². The van der Waals surface area contributed by atoms with Gasteiger partial charge in [0.25, 0.3) is 5.91 Å². The van der Waals surface area contributed by atoms with E-state index in [1.807, 2.05) is 13.1 Å². The molecule has 1 fully saturated rings. The predicted molar refractivity (Wildman–Crippen MR) is 140 cm³/mol. The zero-order valence-corrected chi connectivity index (χ0v) is 21.6. The molecule has 12 heteroatoms. The average molecular weight is 551 g/mol. The molecule has 1 aliphatic carbocycles. The molecule has 1 aliphatic rings. The summed E-state index contributed by atoms with van der Waals surface area (Å²) >= 11 is 0. The fourth-order valence-corrected chi connectivity index (χ4v) is 4.43. The number of carbonyl (C=O) groups excluding carboxylic acids is 3. The van der Waals surface area contributed by atoms with Crippen molar-refractivity contribution in [3.63, 3.8) is 0 Å². The Hall–Kier alpha value is -4.74. The number of hydrogen-bond acceptors (Lipinski definition) is 5. The Morgan fingerprint density at radius 2 is 1.82 bits per heavy atom. The van der Waals surface area contributed by atoms with Crippen LogP contribution in [0.2, 0.25) is 0 Å². The molecule has 1 saturated carbocycles. The summed E-state index contributed by atoms with van der Waals surface area (Å²) in [6, 6.07) is 8.38. The molecule has 9 nitrogen and oxygen atoms in total. The van der Waals surface area contributed by atoms with E-state index in [0.29, 0.717) is 41.1 Å². The largest absolute Gasteiger partial charge is 0.417 e. The second kappa shape index (κ2) is 9.78. The van der Waals surface area contributed by atoms with Crippen molar-refractivity contribution in [2.24, 2.45) is 11.1 Å². The number of primary amides is 1. The number of halogens is 3. The number of rotatable bonds is 7. The number of imidazole rings is 1. The smallest absolute Gasteiger partial charge is 0.369 e. The Labute approximate surface area is 226 Å². The van der Waals surface area contributed by atoms with Crippen molar-refractivity contribution in [2.75, 3.05) is 5.32 Å². The van der Waals surface area contributed by atoms with Crippen LogP contribution in [0.1, 0.15) is 45.5 Å². The van der Waals surface area contributed by atoms with E-state index in [1.54, 1.807) is 41.9 Å². The van der Waals surface area contributed by atoms with Crippen molar-refractivity contribution in [3.8, 4) is 11.3 Å². The van der Waals surface area contributed by atoms with Gasteiger partial charge in [0.15, 0.2) is 0 Å². The van der Waals surface area contributed by atoms with Crippen LogP contribution in [0.3, 0.4) is 0 Å². The lowest BCUT2D eigenvalue weighted by molar-refractivity contribution is -0.138. The number of aryl methyl sites for hydroxylation is 2. The van der Waals surface area contributed by atoms with E-state index in [0.717, 1.165) is 17.7 Å². The average Bonchev–Trinajstić information content (AvgIpc) is 3.62. The molecular formula is C28H25F3N6O3. The number of aromatic nitrogens is 3. The van der Waals surface area contributed by atoms with Crippen LogP contribution >= 0.6 is 0 Å². The maximum Gasteiger partial charge on any atom is 0.417 e. The number of nitrogens with zero attached hydrogens (tertiary/aromatic N) is 3. The molecule has 2 heterocycles.